The molecule has 0 aliphatic rings. The third kappa shape index (κ3) is 2.30. The lowest BCUT2D eigenvalue weighted by atomic mass is 10.1. The largest absolute Gasteiger partial charge is 0.271 e. The van der Waals surface area contributed by atoms with Gasteiger partial charge in [0, 0.05) is 10.5 Å². The molecule has 2 N–H and O–H groups in total. The Morgan fingerprint density at radius 3 is 2.15 bits per heavy atom. The second-order valence-electron chi connectivity index (χ2n) is 2.52. The Labute approximate surface area is 82.7 Å². The van der Waals surface area contributed by atoms with Gasteiger partial charge in [-0.15, -0.1) is 0 Å². The van der Waals surface area contributed by atoms with E-state index in [1.807, 2.05) is 0 Å². The van der Waals surface area contributed by atoms with Gasteiger partial charge in [0.15, 0.2) is 0 Å². The van der Waals surface area contributed by atoms with Crippen LogP contribution in [0.5, 0.6) is 0 Å². The monoisotopic (exact) mass is 221 g/mol. The quantitative estimate of drug-likeness (QED) is 0.824. The van der Waals surface area contributed by atoms with Crippen molar-refractivity contribution >= 4 is 20.8 Å². The van der Waals surface area contributed by atoms with Gasteiger partial charge in [-0.2, -0.15) is 0 Å². The smallest absolute Gasteiger partial charge is 0.130 e. The topological polar surface area (TPSA) is 26.0 Å². The number of benzene rings is 1. The highest BCUT2D eigenvalue weighted by atomic mass is 32.8. The zero-order valence-corrected chi connectivity index (χ0v) is 8.64. The minimum atomic E-state index is -1.01. The van der Waals surface area contributed by atoms with E-state index in [4.69, 9.17) is 16.3 Å². The molecule has 0 fully saturated rings. The Kier molecular flexibility index (Phi) is 3.47. The molecule has 1 aromatic carbocycles. The zero-order chi connectivity index (χ0) is 10.0. The number of halogens is 2. The molecule has 0 bridgehead atoms. The summed E-state index contributed by atoms with van der Waals surface area (Å²) in [5.74, 6) is -1.13. The van der Waals surface area contributed by atoms with E-state index >= 15 is 0 Å². The lowest BCUT2D eigenvalue weighted by Crippen LogP contribution is -2.04. The van der Waals surface area contributed by atoms with Crippen LogP contribution in [0.4, 0.5) is 8.78 Å². The fraction of sp³-hybridized carbons (Fsp3) is 0.250. The summed E-state index contributed by atoms with van der Waals surface area (Å²) in [6.45, 7) is 1.69. The predicted octanol–water partition coefficient (Wildman–Crippen LogP) is 1.84. The second-order valence-corrected chi connectivity index (χ2v) is 4.66. The van der Waals surface area contributed by atoms with Crippen molar-refractivity contribution in [2.45, 2.75) is 18.2 Å². The van der Waals surface area contributed by atoms with E-state index in [0.717, 1.165) is 0 Å². The van der Waals surface area contributed by atoms with Gasteiger partial charge in [-0.05, 0) is 39.4 Å². The Hall–Kier alpha value is -0.390. The molecule has 0 aliphatic heterocycles. The third-order valence-corrected chi connectivity index (χ3v) is 2.98. The summed E-state index contributed by atoms with van der Waals surface area (Å²) in [6.07, 6.45) is 0.327. The van der Waals surface area contributed by atoms with Crippen LogP contribution in [-0.2, 0) is 27.2 Å². The van der Waals surface area contributed by atoms with Gasteiger partial charge in [0.1, 0.15) is 11.6 Å². The first-order valence-electron chi connectivity index (χ1n) is 3.70. The highest BCUT2D eigenvalue weighted by molar-refractivity contribution is 8.27. The van der Waals surface area contributed by atoms with Crippen LogP contribution in [0.25, 0.3) is 0 Å². The van der Waals surface area contributed by atoms with Crippen molar-refractivity contribution in [3.05, 3.63) is 29.3 Å². The van der Waals surface area contributed by atoms with Gasteiger partial charge in [0.2, 0.25) is 0 Å². The number of rotatable bonds is 2. The Balaban J connectivity index is 3.28. The molecule has 72 valence electrons. The zero-order valence-electron chi connectivity index (χ0n) is 7.01. The summed E-state index contributed by atoms with van der Waals surface area (Å²) in [5, 5.41) is 5.35. The van der Waals surface area contributed by atoms with Crippen molar-refractivity contribution in [2.75, 3.05) is 0 Å². The number of nitrogens with two attached hydrogens (primary N) is 1. The Morgan fingerprint density at radius 2 is 1.85 bits per heavy atom. The van der Waals surface area contributed by atoms with E-state index in [-0.39, 0.29) is 5.56 Å². The minimum Gasteiger partial charge on any atom is -0.271 e. The Morgan fingerprint density at radius 1 is 1.38 bits per heavy atom. The molecule has 0 aliphatic carbocycles. The maximum Gasteiger partial charge on any atom is 0.130 e. The van der Waals surface area contributed by atoms with E-state index in [2.05, 4.69) is 0 Å². The average molecular weight is 221 g/mol. The van der Waals surface area contributed by atoms with Crippen molar-refractivity contribution in [1.82, 2.24) is 0 Å². The van der Waals surface area contributed by atoms with E-state index in [1.165, 1.54) is 12.1 Å². The van der Waals surface area contributed by atoms with Gasteiger partial charge < -0.3 is 0 Å². The first-order valence-corrected chi connectivity index (χ1v) is 5.91. The van der Waals surface area contributed by atoms with E-state index in [0.29, 0.717) is 11.3 Å². The third-order valence-electron chi connectivity index (χ3n) is 1.70. The first-order chi connectivity index (χ1) is 6.06. The summed E-state index contributed by atoms with van der Waals surface area (Å²) in [4.78, 5) is 0.335. The molecular formula is C8H9F2NS2. The number of hydrogen-bond donors (Lipinski definition) is 1. The normalized spacial score (nSPS) is 12.9. The standard InChI is InChI=1S/C8H9F2NS2/c1-2-6-7(9)3-5(13(11)12)4-8(6)10/h3-4H,2,11H2,1H3. The maximum absolute atomic E-state index is 13.1. The minimum absolute atomic E-state index is 0.0872. The van der Waals surface area contributed by atoms with Crippen molar-refractivity contribution < 1.29 is 8.78 Å². The fourth-order valence-electron chi connectivity index (χ4n) is 1.03. The van der Waals surface area contributed by atoms with E-state index < -0.39 is 21.3 Å². The molecule has 5 heteroatoms. The molecule has 1 unspecified atom stereocenters. The molecule has 13 heavy (non-hydrogen) atoms. The summed E-state index contributed by atoms with van der Waals surface area (Å²) in [5.41, 5.74) is 0.0872. The fourth-order valence-corrected chi connectivity index (χ4v) is 1.76. The maximum atomic E-state index is 13.1. The molecule has 1 nitrogen and oxygen atoms in total. The molecule has 0 amide bonds. The lowest BCUT2D eigenvalue weighted by molar-refractivity contribution is 0.553. The molecule has 0 spiro atoms. The van der Waals surface area contributed by atoms with Crippen LogP contribution in [-0.4, -0.2) is 0 Å². The molecule has 0 radical (unpaired) electrons. The molecule has 0 saturated heterocycles. The summed E-state index contributed by atoms with van der Waals surface area (Å²) in [6, 6.07) is 2.41. The summed E-state index contributed by atoms with van der Waals surface area (Å²) in [7, 11) is -1.01. The first kappa shape index (κ1) is 10.7. The van der Waals surface area contributed by atoms with Gasteiger partial charge in [0.25, 0.3) is 0 Å². The average Bonchev–Trinajstić information content (AvgIpc) is 2.03. The number of hydrogen-bond acceptors (Lipinski definition) is 1. The van der Waals surface area contributed by atoms with Gasteiger partial charge in [-0.25, -0.2) is 8.78 Å². The van der Waals surface area contributed by atoms with Crippen LogP contribution < -0.4 is 5.14 Å². The molecule has 1 aromatic rings. The molecule has 1 rings (SSSR count). The van der Waals surface area contributed by atoms with Crippen molar-refractivity contribution in [2.24, 2.45) is 5.14 Å². The summed E-state index contributed by atoms with van der Waals surface area (Å²) < 4.78 is 26.3. The van der Waals surface area contributed by atoms with E-state index in [9.17, 15) is 8.78 Å². The highest BCUT2D eigenvalue weighted by Gasteiger charge is 2.09. The van der Waals surface area contributed by atoms with Crippen LogP contribution >= 0.6 is 0 Å². The van der Waals surface area contributed by atoms with E-state index in [1.54, 1.807) is 6.92 Å². The van der Waals surface area contributed by atoms with Gasteiger partial charge in [0.05, 0.1) is 0 Å². The predicted molar refractivity (Wildman–Crippen MR) is 52.9 cm³/mol. The molecule has 1 atom stereocenters. The highest BCUT2D eigenvalue weighted by Crippen LogP contribution is 2.17. The Bertz CT molecular complexity index is 329. The molecule has 0 aromatic heterocycles. The molecular weight excluding hydrogens is 212 g/mol. The van der Waals surface area contributed by atoms with Crippen molar-refractivity contribution in [3.8, 4) is 0 Å². The molecule has 0 heterocycles. The SMILES string of the molecule is CCc1c(F)cc(S(N)=S)cc1F. The van der Waals surface area contributed by atoms with Crippen LogP contribution in [0.3, 0.4) is 0 Å². The van der Waals surface area contributed by atoms with Crippen LogP contribution in [0.2, 0.25) is 0 Å². The van der Waals surface area contributed by atoms with Gasteiger partial charge in [-0.3, -0.25) is 5.14 Å². The summed E-state index contributed by atoms with van der Waals surface area (Å²) >= 11 is 4.72. The van der Waals surface area contributed by atoms with Crippen molar-refractivity contribution in [3.63, 3.8) is 0 Å². The van der Waals surface area contributed by atoms with Crippen LogP contribution in [0.15, 0.2) is 17.0 Å². The molecule has 0 saturated carbocycles. The van der Waals surface area contributed by atoms with Crippen molar-refractivity contribution in [1.29, 1.82) is 0 Å². The van der Waals surface area contributed by atoms with Gasteiger partial charge in [-0.1, -0.05) is 6.92 Å². The van der Waals surface area contributed by atoms with Gasteiger partial charge >= 0.3 is 0 Å². The lowest BCUT2D eigenvalue weighted by Gasteiger charge is -2.04. The van der Waals surface area contributed by atoms with Crippen LogP contribution in [0, 0.1) is 11.6 Å². The van der Waals surface area contributed by atoms with Crippen LogP contribution in [0.1, 0.15) is 12.5 Å². The second kappa shape index (κ2) is 4.21.